The van der Waals surface area contributed by atoms with E-state index in [-0.39, 0.29) is 34.0 Å². The van der Waals surface area contributed by atoms with Crippen LogP contribution in [0.25, 0.3) is 33.8 Å². The second kappa shape index (κ2) is 11.7. The molecule has 4 aromatic heterocycles. The van der Waals surface area contributed by atoms with Gasteiger partial charge in [0.1, 0.15) is 12.4 Å². The van der Waals surface area contributed by atoms with Gasteiger partial charge in [0.15, 0.2) is 11.4 Å². The van der Waals surface area contributed by atoms with Crippen LogP contribution < -0.4 is 42.8 Å². The molecule has 4 heterocycles. The summed E-state index contributed by atoms with van der Waals surface area (Å²) < 4.78 is 8.65. The van der Waals surface area contributed by atoms with E-state index in [1.165, 1.54) is 0 Å². The highest BCUT2D eigenvalue weighted by Gasteiger charge is 2.16. The molecule has 0 amide bonds. The van der Waals surface area contributed by atoms with Gasteiger partial charge in [0.05, 0.1) is 38.9 Å². The molecule has 0 aliphatic carbocycles. The first-order valence-electron chi connectivity index (χ1n) is 11.9. The number of aryl methyl sites for hydroxylation is 2. The third-order valence-electron chi connectivity index (χ3n) is 6.56. The average Bonchev–Trinajstić information content (AvgIpc) is 3.44. The molecule has 6 rings (SSSR count). The van der Waals surface area contributed by atoms with Crippen LogP contribution in [0.15, 0.2) is 120 Å². The van der Waals surface area contributed by atoms with Crippen molar-refractivity contribution >= 4 is 23.7 Å². The molecular weight excluding hydrogens is 604 g/mol. The summed E-state index contributed by atoms with van der Waals surface area (Å²) in [4.78, 5) is 0. The maximum absolute atomic E-state index is 4.24. The minimum Gasteiger partial charge on any atom is -1.00 e. The zero-order chi connectivity index (χ0) is 24.5. The van der Waals surface area contributed by atoms with Gasteiger partial charge in [0.25, 0.3) is 11.3 Å². The lowest BCUT2D eigenvalue weighted by atomic mass is 10.1. The van der Waals surface area contributed by atoms with Crippen LogP contribution in [0.4, 0.5) is 0 Å². The number of aromatic nitrogens is 4. The molecule has 8 heteroatoms. The molecule has 0 radical (unpaired) electrons. The summed E-state index contributed by atoms with van der Waals surface area (Å²) in [5.74, 6) is 0. The first kappa shape index (κ1) is 27.2. The van der Waals surface area contributed by atoms with Crippen molar-refractivity contribution in [3.8, 4) is 22.5 Å². The topological polar surface area (TPSA) is 42.8 Å². The minimum atomic E-state index is 0. The van der Waals surface area contributed by atoms with E-state index >= 15 is 0 Å². The van der Waals surface area contributed by atoms with Gasteiger partial charge in [-0.1, -0.05) is 36.4 Å². The van der Waals surface area contributed by atoms with Gasteiger partial charge in [-0.2, -0.15) is 10.2 Å². The summed E-state index contributed by atoms with van der Waals surface area (Å²) in [6, 6.07) is 29.1. The van der Waals surface area contributed by atoms with E-state index in [2.05, 4.69) is 140 Å². The number of hydrogen-bond donors (Lipinski definition) is 0. The summed E-state index contributed by atoms with van der Waals surface area (Å²) in [6.07, 6.45) is 12.0. The first-order valence-corrected chi connectivity index (χ1v) is 11.9. The van der Waals surface area contributed by atoms with Gasteiger partial charge in [-0.05, 0) is 47.5 Å². The van der Waals surface area contributed by atoms with Gasteiger partial charge in [0.2, 0.25) is 0 Å². The van der Waals surface area contributed by atoms with Crippen molar-refractivity contribution in [1.82, 2.24) is 9.13 Å². The monoisotopic (exact) mass is 628 g/mol. The summed E-state index contributed by atoms with van der Waals surface area (Å²) in [5, 5.41) is 8.49. The maximum Gasteiger partial charge on any atom is 0.286 e. The molecule has 0 aliphatic rings. The predicted octanol–water partition coefficient (Wildman–Crippen LogP) is -1.36. The SMILES string of the molecule is Cn1c(-c2ccc(/C=N/N=C/c3ccc(-c4c[n+]5ccccc5n4C)cc3)cc2)c[n+]2ccccc12.[Br-].[Br-]. The second-order valence-corrected chi connectivity index (χ2v) is 8.81. The molecule has 0 N–H and O–H groups in total. The molecule has 0 saturated carbocycles. The predicted molar refractivity (Wildman–Crippen MR) is 143 cm³/mol. The third kappa shape index (κ3) is 5.23. The van der Waals surface area contributed by atoms with Gasteiger partial charge >= 0.3 is 0 Å². The number of halogens is 2. The number of benzene rings is 2. The van der Waals surface area contributed by atoms with Crippen LogP contribution >= 0.6 is 0 Å². The van der Waals surface area contributed by atoms with Crippen LogP contribution in [-0.2, 0) is 14.1 Å². The van der Waals surface area contributed by atoms with Crippen molar-refractivity contribution in [3.63, 3.8) is 0 Å². The molecule has 0 aliphatic heterocycles. The highest BCUT2D eigenvalue weighted by Crippen LogP contribution is 2.21. The zero-order valence-corrected chi connectivity index (χ0v) is 24.2. The zero-order valence-electron chi connectivity index (χ0n) is 21.0. The van der Waals surface area contributed by atoms with E-state index in [4.69, 9.17) is 0 Å². The molecule has 0 spiro atoms. The average molecular weight is 630 g/mol. The van der Waals surface area contributed by atoms with Crippen LogP contribution in [-0.4, -0.2) is 21.6 Å². The van der Waals surface area contributed by atoms with Gasteiger partial charge in [-0.3, -0.25) is 0 Å². The van der Waals surface area contributed by atoms with Crippen LogP contribution in [0, 0.1) is 0 Å². The molecule has 0 fully saturated rings. The maximum atomic E-state index is 4.24. The van der Waals surface area contributed by atoms with Crippen LogP contribution in [0.2, 0.25) is 0 Å². The van der Waals surface area contributed by atoms with Crippen LogP contribution in [0.3, 0.4) is 0 Å². The highest BCUT2D eigenvalue weighted by molar-refractivity contribution is 5.84. The Morgan fingerprint density at radius 3 is 1.32 bits per heavy atom. The number of imidazole rings is 2. The molecule has 38 heavy (non-hydrogen) atoms. The van der Waals surface area contributed by atoms with Gasteiger partial charge in [-0.15, -0.1) is 0 Å². The quantitative estimate of drug-likeness (QED) is 0.129. The Bertz CT molecular complexity index is 1610. The fourth-order valence-corrected chi connectivity index (χ4v) is 4.58. The minimum absolute atomic E-state index is 0. The first-order chi connectivity index (χ1) is 17.7. The Morgan fingerprint density at radius 1 is 0.553 bits per heavy atom. The molecule has 0 unspecified atom stereocenters. The number of pyridine rings is 2. The van der Waals surface area contributed by atoms with E-state index in [0.717, 1.165) is 44.9 Å². The van der Waals surface area contributed by atoms with E-state index in [0.29, 0.717) is 0 Å². The van der Waals surface area contributed by atoms with Crippen molar-refractivity contribution < 1.29 is 42.8 Å². The van der Waals surface area contributed by atoms with Gasteiger partial charge in [-0.25, -0.2) is 17.9 Å². The Morgan fingerprint density at radius 2 is 0.947 bits per heavy atom. The number of hydrogen-bond acceptors (Lipinski definition) is 2. The molecular formula is C30H26Br2N6. The smallest absolute Gasteiger partial charge is 0.286 e. The van der Waals surface area contributed by atoms with E-state index in [9.17, 15) is 0 Å². The molecule has 2 aromatic carbocycles. The standard InChI is InChI=1S/C30H26N6.2BrH/c1-33-27(21-35-17-5-3-7-29(33)35)25-13-9-23(10-14-25)19-31-32-20-24-11-15-26(16-12-24)28-22-36-18-6-4-8-30(36)34(28)2;;/h3-22H,1-2H3;2*1H/q+2;;/p-2/b31-19+,32-20+;;. The fraction of sp³-hybridized carbons (Fsp3) is 0.0667. The van der Waals surface area contributed by atoms with Crippen LogP contribution in [0.5, 0.6) is 0 Å². The lowest BCUT2D eigenvalue weighted by Gasteiger charge is -1.99. The van der Waals surface area contributed by atoms with E-state index < -0.39 is 0 Å². The largest absolute Gasteiger partial charge is 1.00 e. The number of rotatable bonds is 5. The molecule has 190 valence electrons. The molecule has 6 aromatic rings. The van der Waals surface area contributed by atoms with Crippen molar-refractivity contribution in [2.24, 2.45) is 24.3 Å². The Balaban J connectivity index is 0.00000168. The fourth-order valence-electron chi connectivity index (χ4n) is 4.58. The molecule has 0 atom stereocenters. The Kier molecular flexibility index (Phi) is 8.34. The third-order valence-corrected chi connectivity index (χ3v) is 6.56. The lowest BCUT2D eigenvalue weighted by molar-refractivity contribution is -0.510. The second-order valence-electron chi connectivity index (χ2n) is 8.81. The molecule has 6 nitrogen and oxygen atoms in total. The lowest BCUT2D eigenvalue weighted by Crippen LogP contribution is -3.00. The van der Waals surface area contributed by atoms with E-state index in [1.807, 2.05) is 12.1 Å². The number of nitrogens with zero attached hydrogens (tertiary/aromatic N) is 6. The van der Waals surface area contributed by atoms with Gasteiger partial charge in [0, 0.05) is 23.3 Å². The van der Waals surface area contributed by atoms with E-state index in [1.54, 1.807) is 12.4 Å². The summed E-state index contributed by atoms with van der Waals surface area (Å²) in [6.45, 7) is 0. The van der Waals surface area contributed by atoms with Crippen molar-refractivity contribution in [2.45, 2.75) is 0 Å². The van der Waals surface area contributed by atoms with Crippen molar-refractivity contribution in [3.05, 3.63) is 121 Å². The van der Waals surface area contributed by atoms with Gasteiger partial charge < -0.3 is 34.0 Å². The van der Waals surface area contributed by atoms with Crippen molar-refractivity contribution in [2.75, 3.05) is 0 Å². The van der Waals surface area contributed by atoms with Crippen LogP contribution in [0.1, 0.15) is 11.1 Å². The Labute approximate surface area is 242 Å². The summed E-state index contributed by atoms with van der Waals surface area (Å²) in [7, 11) is 4.17. The summed E-state index contributed by atoms with van der Waals surface area (Å²) >= 11 is 0. The molecule has 0 bridgehead atoms. The highest BCUT2D eigenvalue weighted by atomic mass is 79.9. The van der Waals surface area contributed by atoms with Crippen molar-refractivity contribution in [1.29, 1.82) is 0 Å². The summed E-state index contributed by atoms with van der Waals surface area (Å²) in [5.41, 5.74) is 8.95. The Hall–Kier alpha value is -3.88. The normalized spacial score (nSPS) is 11.3. The number of fused-ring (bicyclic) bond motifs is 2. The molecule has 0 saturated heterocycles.